The molecular formula is C18H23N3O3. The minimum Gasteiger partial charge on any atom is -0.466 e. The first-order valence-corrected chi connectivity index (χ1v) is 8.52. The van der Waals surface area contributed by atoms with Crippen LogP contribution in [0.2, 0.25) is 0 Å². The Bertz CT molecular complexity index is 717. The van der Waals surface area contributed by atoms with Gasteiger partial charge in [-0.15, -0.1) is 0 Å². The summed E-state index contributed by atoms with van der Waals surface area (Å²) >= 11 is 0. The van der Waals surface area contributed by atoms with Gasteiger partial charge in [0.2, 0.25) is 5.91 Å². The van der Waals surface area contributed by atoms with Crippen LogP contribution < -0.4 is 0 Å². The van der Waals surface area contributed by atoms with Crippen LogP contribution in [0.4, 0.5) is 0 Å². The highest BCUT2D eigenvalue weighted by Gasteiger charge is 2.27. The van der Waals surface area contributed by atoms with E-state index in [1.165, 1.54) is 0 Å². The van der Waals surface area contributed by atoms with E-state index in [1.54, 1.807) is 6.20 Å². The third-order valence-corrected chi connectivity index (χ3v) is 4.61. The first kappa shape index (κ1) is 16.5. The van der Waals surface area contributed by atoms with Crippen molar-refractivity contribution in [3.05, 3.63) is 30.7 Å². The Labute approximate surface area is 141 Å². The molecule has 0 radical (unpaired) electrons. The molecule has 2 aromatic rings. The summed E-state index contributed by atoms with van der Waals surface area (Å²) in [5.41, 5.74) is 1.05. The van der Waals surface area contributed by atoms with Gasteiger partial charge in [-0.2, -0.15) is 0 Å². The molecule has 0 N–H and O–H groups in total. The van der Waals surface area contributed by atoms with Gasteiger partial charge in [-0.3, -0.25) is 14.6 Å². The molecule has 0 spiro atoms. The zero-order chi connectivity index (χ0) is 16.9. The van der Waals surface area contributed by atoms with E-state index < -0.39 is 0 Å². The molecule has 3 rings (SSSR count). The summed E-state index contributed by atoms with van der Waals surface area (Å²) in [7, 11) is 0. The van der Waals surface area contributed by atoms with Gasteiger partial charge in [-0.25, -0.2) is 0 Å². The Balaban J connectivity index is 1.50. The van der Waals surface area contributed by atoms with Crippen LogP contribution in [0, 0.1) is 5.92 Å². The fourth-order valence-corrected chi connectivity index (χ4v) is 3.22. The standard InChI is InChI=1S/C18H23N3O3/c1-2-24-18(23)15-5-10-21(11-6-15)17(22)7-12-20-9-4-14-3-8-19-13-16(14)20/h3-4,8-9,13,15H,2,5-7,10-12H2,1H3. The molecule has 0 bridgehead atoms. The summed E-state index contributed by atoms with van der Waals surface area (Å²) in [5, 5.41) is 1.13. The zero-order valence-corrected chi connectivity index (χ0v) is 14.0. The molecule has 1 amide bonds. The van der Waals surface area contributed by atoms with Crippen LogP contribution in [0.3, 0.4) is 0 Å². The van der Waals surface area contributed by atoms with Gasteiger partial charge in [-0.1, -0.05) is 0 Å². The summed E-state index contributed by atoms with van der Waals surface area (Å²) in [5.74, 6) is -0.0487. The Kier molecular flexibility index (Phi) is 5.13. The molecule has 1 aliphatic rings. The minimum atomic E-state index is -0.129. The molecule has 2 aromatic heterocycles. The van der Waals surface area contributed by atoms with Crippen molar-refractivity contribution < 1.29 is 14.3 Å². The number of carbonyl (C=O) groups excluding carboxylic acids is 2. The number of likely N-dealkylation sites (tertiary alicyclic amines) is 1. The number of rotatable bonds is 5. The topological polar surface area (TPSA) is 64.4 Å². The molecule has 0 aliphatic carbocycles. The lowest BCUT2D eigenvalue weighted by atomic mass is 9.97. The van der Waals surface area contributed by atoms with Crippen LogP contribution in [0.1, 0.15) is 26.2 Å². The van der Waals surface area contributed by atoms with E-state index in [1.807, 2.05) is 36.4 Å². The molecule has 0 aromatic carbocycles. The van der Waals surface area contributed by atoms with Gasteiger partial charge in [0.1, 0.15) is 0 Å². The van der Waals surface area contributed by atoms with Crippen molar-refractivity contribution in [1.29, 1.82) is 0 Å². The number of nitrogens with zero attached hydrogens (tertiary/aromatic N) is 3. The number of piperidine rings is 1. The van der Waals surface area contributed by atoms with Crippen molar-refractivity contribution in [2.45, 2.75) is 32.7 Å². The lowest BCUT2D eigenvalue weighted by Gasteiger charge is -2.31. The number of fused-ring (bicyclic) bond motifs is 1. The molecule has 3 heterocycles. The number of pyridine rings is 1. The molecule has 24 heavy (non-hydrogen) atoms. The van der Waals surface area contributed by atoms with Crippen LogP contribution in [0.25, 0.3) is 10.9 Å². The number of aromatic nitrogens is 2. The fourth-order valence-electron chi connectivity index (χ4n) is 3.22. The van der Waals surface area contributed by atoms with Crippen molar-refractivity contribution in [3.63, 3.8) is 0 Å². The number of carbonyl (C=O) groups is 2. The predicted octanol–water partition coefficient (Wildman–Crippen LogP) is 2.23. The average molecular weight is 329 g/mol. The summed E-state index contributed by atoms with van der Waals surface area (Å²) in [6.45, 7) is 4.15. The van der Waals surface area contributed by atoms with Gasteiger partial charge in [0, 0.05) is 43.8 Å². The van der Waals surface area contributed by atoms with Gasteiger partial charge in [0.05, 0.1) is 24.2 Å². The molecule has 6 nitrogen and oxygen atoms in total. The molecular weight excluding hydrogens is 306 g/mol. The Morgan fingerprint density at radius 1 is 1.29 bits per heavy atom. The van der Waals surface area contributed by atoms with Gasteiger partial charge >= 0.3 is 5.97 Å². The number of hydrogen-bond acceptors (Lipinski definition) is 4. The monoisotopic (exact) mass is 329 g/mol. The van der Waals surface area contributed by atoms with E-state index in [9.17, 15) is 9.59 Å². The zero-order valence-electron chi connectivity index (χ0n) is 14.0. The van der Waals surface area contributed by atoms with Crippen molar-refractivity contribution in [2.75, 3.05) is 19.7 Å². The second-order valence-corrected chi connectivity index (χ2v) is 6.10. The predicted molar refractivity (Wildman–Crippen MR) is 90.3 cm³/mol. The normalized spacial score (nSPS) is 15.6. The third kappa shape index (κ3) is 3.58. The Hall–Kier alpha value is -2.37. The van der Waals surface area contributed by atoms with Gasteiger partial charge in [0.15, 0.2) is 0 Å². The highest BCUT2D eigenvalue weighted by molar-refractivity contribution is 5.80. The maximum Gasteiger partial charge on any atom is 0.309 e. The largest absolute Gasteiger partial charge is 0.466 e. The van der Waals surface area contributed by atoms with Gasteiger partial charge < -0.3 is 14.2 Å². The first-order chi connectivity index (χ1) is 11.7. The number of hydrogen-bond donors (Lipinski definition) is 0. The molecule has 0 atom stereocenters. The van der Waals surface area contributed by atoms with Gasteiger partial charge in [-0.05, 0) is 31.9 Å². The van der Waals surface area contributed by atoms with E-state index in [-0.39, 0.29) is 17.8 Å². The Morgan fingerprint density at radius 2 is 2.08 bits per heavy atom. The second kappa shape index (κ2) is 7.47. The lowest BCUT2D eigenvalue weighted by Crippen LogP contribution is -2.40. The second-order valence-electron chi connectivity index (χ2n) is 6.10. The number of esters is 1. The van der Waals surface area contributed by atoms with E-state index in [0.717, 1.165) is 10.9 Å². The highest BCUT2D eigenvalue weighted by atomic mass is 16.5. The summed E-state index contributed by atoms with van der Waals surface area (Å²) in [6, 6.07) is 4.00. The highest BCUT2D eigenvalue weighted by Crippen LogP contribution is 2.20. The quantitative estimate of drug-likeness (QED) is 0.789. The van der Waals surface area contributed by atoms with Crippen molar-refractivity contribution in [2.24, 2.45) is 5.92 Å². The van der Waals surface area contributed by atoms with Crippen LogP contribution in [0.5, 0.6) is 0 Å². The van der Waals surface area contributed by atoms with Crippen LogP contribution >= 0.6 is 0 Å². The molecule has 6 heteroatoms. The minimum absolute atomic E-state index is 0.0616. The number of ether oxygens (including phenoxy) is 1. The SMILES string of the molecule is CCOC(=O)C1CCN(C(=O)CCn2ccc3ccncc32)CC1. The molecule has 128 valence electrons. The lowest BCUT2D eigenvalue weighted by molar-refractivity contribution is -0.151. The van der Waals surface area contributed by atoms with Crippen LogP contribution in [-0.2, 0) is 20.9 Å². The fraction of sp³-hybridized carbons (Fsp3) is 0.500. The third-order valence-electron chi connectivity index (χ3n) is 4.61. The molecule has 1 aliphatic heterocycles. The summed E-state index contributed by atoms with van der Waals surface area (Å²) < 4.78 is 7.12. The first-order valence-electron chi connectivity index (χ1n) is 8.52. The van der Waals surface area contributed by atoms with Crippen molar-refractivity contribution in [3.8, 4) is 0 Å². The molecule has 0 unspecified atom stereocenters. The van der Waals surface area contributed by atoms with Gasteiger partial charge in [0.25, 0.3) is 0 Å². The number of aryl methyl sites for hydroxylation is 1. The van der Waals surface area contributed by atoms with Crippen LogP contribution in [0.15, 0.2) is 30.7 Å². The van der Waals surface area contributed by atoms with Crippen molar-refractivity contribution >= 4 is 22.8 Å². The van der Waals surface area contributed by atoms with E-state index in [4.69, 9.17) is 4.74 Å². The summed E-state index contributed by atoms with van der Waals surface area (Å²) in [6.07, 6.45) is 7.44. The molecule has 0 saturated carbocycles. The molecule has 1 fully saturated rings. The van der Waals surface area contributed by atoms with Crippen LogP contribution in [-0.4, -0.2) is 46.0 Å². The van der Waals surface area contributed by atoms with E-state index >= 15 is 0 Å². The smallest absolute Gasteiger partial charge is 0.309 e. The molecule has 1 saturated heterocycles. The maximum absolute atomic E-state index is 12.4. The van der Waals surface area contributed by atoms with E-state index in [2.05, 4.69) is 9.55 Å². The Morgan fingerprint density at radius 3 is 2.83 bits per heavy atom. The van der Waals surface area contributed by atoms with Crippen molar-refractivity contribution in [1.82, 2.24) is 14.5 Å². The maximum atomic E-state index is 12.4. The average Bonchev–Trinajstić information content (AvgIpc) is 3.03. The number of amides is 1. The van der Waals surface area contributed by atoms with E-state index in [0.29, 0.717) is 45.5 Å². The summed E-state index contributed by atoms with van der Waals surface area (Å²) in [4.78, 5) is 30.2.